The van der Waals surface area contributed by atoms with Crippen LogP contribution in [-0.2, 0) is 0 Å². The van der Waals surface area contributed by atoms with Crippen molar-refractivity contribution in [1.82, 2.24) is 5.32 Å². The minimum absolute atomic E-state index is 0.141. The molecule has 2 aromatic rings. The molecule has 0 radical (unpaired) electrons. The average Bonchev–Trinajstić information content (AvgIpc) is 2.44. The molecule has 0 amide bonds. The lowest BCUT2D eigenvalue weighted by Gasteiger charge is -2.18. The van der Waals surface area contributed by atoms with Crippen molar-refractivity contribution >= 4 is 6.08 Å². The molecule has 21 heavy (non-hydrogen) atoms. The van der Waals surface area contributed by atoms with Gasteiger partial charge in [-0.3, -0.25) is 0 Å². The molecule has 1 N–H and O–H groups in total. The number of hydrogen-bond donors (Lipinski definition) is 1. The fraction of sp³-hybridized carbons (Fsp3) is 0.263. The molecule has 0 saturated heterocycles. The molecule has 0 fully saturated rings. The lowest BCUT2D eigenvalue weighted by Crippen LogP contribution is -2.35. The molecule has 0 aliphatic rings. The van der Waals surface area contributed by atoms with Crippen molar-refractivity contribution in [3.05, 3.63) is 66.2 Å². The number of hydrogen-bond acceptors (Lipinski definition) is 2. The second-order valence-electron chi connectivity index (χ2n) is 6.02. The Labute approximate surface area is 127 Å². The lowest BCUT2D eigenvalue weighted by atomic mass is 10.1. The van der Waals surface area contributed by atoms with Gasteiger partial charge >= 0.3 is 0 Å². The molecule has 0 unspecified atom stereocenters. The summed E-state index contributed by atoms with van der Waals surface area (Å²) in [5.74, 6) is 1.71. The van der Waals surface area contributed by atoms with E-state index in [1.54, 1.807) is 0 Å². The van der Waals surface area contributed by atoms with Gasteiger partial charge in [0.1, 0.15) is 11.5 Å². The molecule has 0 heterocycles. The van der Waals surface area contributed by atoms with Gasteiger partial charge in [-0.05, 0) is 50.6 Å². The van der Waals surface area contributed by atoms with E-state index in [0.717, 1.165) is 23.6 Å². The molecule has 0 saturated carbocycles. The summed E-state index contributed by atoms with van der Waals surface area (Å²) < 4.78 is 5.83. The molecule has 0 bridgehead atoms. The summed E-state index contributed by atoms with van der Waals surface area (Å²) >= 11 is 0. The van der Waals surface area contributed by atoms with Crippen molar-refractivity contribution in [2.45, 2.75) is 26.3 Å². The molecule has 0 atom stereocenters. The fourth-order valence-corrected chi connectivity index (χ4v) is 1.87. The van der Waals surface area contributed by atoms with Crippen molar-refractivity contribution in [3.63, 3.8) is 0 Å². The Morgan fingerprint density at radius 1 is 0.952 bits per heavy atom. The largest absolute Gasteiger partial charge is 0.457 e. The first-order valence-electron chi connectivity index (χ1n) is 7.27. The van der Waals surface area contributed by atoms with Gasteiger partial charge < -0.3 is 10.1 Å². The second kappa shape index (κ2) is 7.09. The zero-order valence-corrected chi connectivity index (χ0v) is 13.0. The third kappa shape index (κ3) is 5.84. The van der Waals surface area contributed by atoms with E-state index in [1.807, 2.05) is 48.5 Å². The van der Waals surface area contributed by atoms with Gasteiger partial charge in [-0.1, -0.05) is 42.5 Å². The molecule has 0 aliphatic heterocycles. The Balaban J connectivity index is 1.96. The van der Waals surface area contributed by atoms with Gasteiger partial charge in [0, 0.05) is 12.1 Å². The van der Waals surface area contributed by atoms with Crippen LogP contribution in [0.5, 0.6) is 11.5 Å². The van der Waals surface area contributed by atoms with Gasteiger partial charge in [0.25, 0.3) is 0 Å². The first kappa shape index (κ1) is 15.3. The van der Waals surface area contributed by atoms with Crippen LogP contribution in [0.3, 0.4) is 0 Å². The van der Waals surface area contributed by atoms with E-state index in [1.165, 1.54) is 0 Å². The smallest absolute Gasteiger partial charge is 0.128 e. The van der Waals surface area contributed by atoms with E-state index in [9.17, 15) is 0 Å². The van der Waals surface area contributed by atoms with Crippen LogP contribution in [0.1, 0.15) is 26.3 Å². The highest BCUT2D eigenvalue weighted by Gasteiger charge is 2.05. The van der Waals surface area contributed by atoms with Gasteiger partial charge in [0.2, 0.25) is 0 Å². The Morgan fingerprint density at radius 3 is 2.38 bits per heavy atom. The molecular weight excluding hydrogens is 258 g/mol. The van der Waals surface area contributed by atoms with Crippen LogP contribution in [-0.4, -0.2) is 12.1 Å². The topological polar surface area (TPSA) is 21.3 Å². The zero-order valence-electron chi connectivity index (χ0n) is 13.0. The SMILES string of the molecule is CC(C)(C)NCC=Cc1cccc(Oc2ccccc2)c1. The van der Waals surface area contributed by atoms with Gasteiger partial charge in [0.15, 0.2) is 0 Å². The number of ether oxygens (including phenoxy) is 1. The summed E-state index contributed by atoms with van der Waals surface area (Å²) in [4.78, 5) is 0. The van der Waals surface area contributed by atoms with Gasteiger partial charge in [-0.2, -0.15) is 0 Å². The second-order valence-corrected chi connectivity index (χ2v) is 6.02. The zero-order chi connectivity index (χ0) is 15.1. The summed E-state index contributed by atoms with van der Waals surface area (Å²) in [5.41, 5.74) is 1.28. The maximum absolute atomic E-state index is 5.83. The van der Waals surface area contributed by atoms with Crippen LogP contribution in [0.15, 0.2) is 60.7 Å². The quantitative estimate of drug-likeness (QED) is 0.843. The van der Waals surface area contributed by atoms with E-state index in [-0.39, 0.29) is 5.54 Å². The highest BCUT2D eigenvalue weighted by Crippen LogP contribution is 2.22. The van der Waals surface area contributed by atoms with Crippen LogP contribution in [0, 0.1) is 0 Å². The minimum Gasteiger partial charge on any atom is -0.457 e. The molecule has 0 spiro atoms. The standard InChI is InChI=1S/C19H23NO/c1-19(2,3)20-14-8-10-16-9-7-13-18(15-16)21-17-11-5-4-6-12-17/h4-13,15,20H,14H2,1-3H3. The number of rotatable bonds is 5. The third-order valence-electron chi connectivity index (χ3n) is 2.90. The van der Waals surface area contributed by atoms with E-state index in [4.69, 9.17) is 4.74 Å². The van der Waals surface area contributed by atoms with Crippen molar-refractivity contribution in [2.75, 3.05) is 6.54 Å². The third-order valence-corrected chi connectivity index (χ3v) is 2.90. The maximum atomic E-state index is 5.83. The molecular formula is C19H23NO. The summed E-state index contributed by atoms with van der Waals surface area (Å²) in [6.45, 7) is 7.34. The fourth-order valence-electron chi connectivity index (χ4n) is 1.87. The number of para-hydroxylation sites is 1. The Kier molecular flexibility index (Phi) is 5.18. The van der Waals surface area contributed by atoms with Gasteiger partial charge in [-0.25, -0.2) is 0 Å². The average molecular weight is 281 g/mol. The molecule has 2 rings (SSSR count). The lowest BCUT2D eigenvalue weighted by molar-refractivity contribution is 0.450. The minimum atomic E-state index is 0.141. The number of nitrogens with one attached hydrogen (secondary N) is 1. The first-order valence-corrected chi connectivity index (χ1v) is 7.27. The predicted octanol–water partition coefficient (Wildman–Crippen LogP) is 4.88. The molecule has 2 heteroatoms. The van der Waals surface area contributed by atoms with Crippen LogP contribution < -0.4 is 10.1 Å². The normalized spacial score (nSPS) is 11.8. The highest BCUT2D eigenvalue weighted by molar-refractivity contribution is 5.52. The summed E-state index contributed by atoms with van der Waals surface area (Å²) in [7, 11) is 0. The van der Waals surface area contributed by atoms with E-state index in [0.29, 0.717) is 0 Å². The molecule has 0 aromatic heterocycles. The van der Waals surface area contributed by atoms with Crippen molar-refractivity contribution in [2.24, 2.45) is 0 Å². The Hall–Kier alpha value is -2.06. The van der Waals surface area contributed by atoms with Crippen LogP contribution in [0.2, 0.25) is 0 Å². The Morgan fingerprint density at radius 2 is 1.67 bits per heavy atom. The molecule has 110 valence electrons. The molecule has 2 nitrogen and oxygen atoms in total. The van der Waals surface area contributed by atoms with Crippen LogP contribution >= 0.6 is 0 Å². The summed E-state index contributed by atoms with van der Waals surface area (Å²) in [6.07, 6.45) is 4.24. The van der Waals surface area contributed by atoms with E-state index in [2.05, 4.69) is 44.3 Å². The predicted molar refractivity (Wildman–Crippen MR) is 89.7 cm³/mol. The monoisotopic (exact) mass is 281 g/mol. The highest BCUT2D eigenvalue weighted by atomic mass is 16.5. The Bertz CT molecular complexity index is 582. The summed E-state index contributed by atoms with van der Waals surface area (Å²) in [5, 5.41) is 3.43. The summed E-state index contributed by atoms with van der Waals surface area (Å²) in [6, 6.07) is 17.9. The van der Waals surface area contributed by atoms with Crippen LogP contribution in [0.25, 0.3) is 6.08 Å². The molecule has 0 aliphatic carbocycles. The van der Waals surface area contributed by atoms with Crippen molar-refractivity contribution in [3.8, 4) is 11.5 Å². The molecule has 2 aromatic carbocycles. The van der Waals surface area contributed by atoms with Crippen molar-refractivity contribution < 1.29 is 4.74 Å². The van der Waals surface area contributed by atoms with E-state index < -0.39 is 0 Å². The first-order chi connectivity index (χ1) is 10.0. The van der Waals surface area contributed by atoms with Gasteiger partial charge in [0.05, 0.1) is 0 Å². The maximum Gasteiger partial charge on any atom is 0.128 e. The van der Waals surface area contributed by atoms with Gasteiger partial charge in [-0.15, -0.1) is 0 Å². The van der Waals surface area contributed by atoms with Crippen molar-refractivity contribution in [1.29, 1.82) is 0 Å². The van der Waals surface area contributed by atoms with Crippen LogP contribution in [0.4, 0.5) is 0 Å². The van der Waals surface area contributed by atoms with E-state index >= 15 is 0 Å². The number of benzene rings is 2.